The number of carbonyl (C=O) groups excluding carboxylic acids is 2. The minimum Gasteiger partial charge on any atom is -0.337 e. The highest BCUT2D eigenvalue weighted by Crippen LogP contribution is 2.24. The maximum absolute atomic E-state index is 12.7. The van der Waals surface area contributed by atoms with E-state index < -0.39 is 0 Å². The third-order valence-corrected chi connectivity index (χ3v) is 5.01. The molecule has 2 heterocycles. The molecule has 1 aliphatic heterocycles. The van der Waals surface area contributed by atoms with Crippen LogP contribution < -0.4 is 16.1 Å². The second kappa shape index (κ2) is 8.32. The Hall–Kier alpha value is -3.39. The number of nitrogens with zero attached hydrogens (tertiary/aromatic N) is 2. The van der Waals surface area contributed by atoms with E-state index in [2.05, 4.69) is 26.3 Å². The van der Waals surface area contributed by atoms with E-state index >= 15 is 0 Å². The summed E-state index contributed by atoms with van der Waals surface area (Å²) in [5.41, 5.74) is 5.62. The summed E-state index contributed by atoms with van der Waals surface area (Å²) in [4.78, 5) is 24.5. The quantitative estimate of drug-likeness (QED) is 0.535. The van der Waals surface area contributed by atoms with Crippen LogP contribution in [0.2, 0.25) is 0 Å². The molecular weight excluding hydrogens is 368 g/mol. The third kappa shape index (κ3) is 4.22. The van der Waals surface area contributed by atoms with Crippen LogP contribution in [0.3, 0.4) is 0 Å². The van der Waals surface area contributed by atoms with Crippen molar-refractivity contribution in [1.82, 2.24) is 25.9 Å². The number of aromatic amines is 1. The lowest BCUT2D eigenvalue weighted by molar-refractivity contribution is -0.115. The zero-order valence-corrected chi connectivity index (χ0v) is 16.3. The Labute approximate surface area is 168 Å². The van der Waals surface area contributed by atoms with Crippen molar-refractivity contribution in [3.05, 3.63) is 59.3 Å². The Morgan fingerprint density at radius 2 is 2.00 bits per heavy atom. The van der Waals surface area contributed by atoms with Gasteiger partial charge in [-0.05, 0) is 23.3 Å². The number of amides is 3. The summed E-state index contributed by atoms with van der Waals surface area (Å²) in [6, 6.07) is 13.8. The van der Waals surface area contributed by atoms with Gasteiger partial charge in [0.1, 0.15) is 5.82 Å². The first-order valence-corrected chi connectivity index (χ1v) is 9.76. The van der Waals surface area contributed by atoms with E-state index in [-0.39, 0.29) is 18.4 Å². The number of fused-ring (bicyclic) bond motifs is 2. The first kappa shape index (κ1) is 18.9. The van der Waals surface area contributed by atoms with Crippen molar-refractivity contribution in [2.24, 2.45) is 0 Å². The molecule has 0 fully saturated rings. The molecule has 4 rings (SSSR count). The fourth-order valence-corrected chi connectivity index (χ4v) is 3.64. The van der Waals surface area contributed by atoms with Gasteiger partial charge in [0.25, 0.3) is 0 Å². The van der Waals surface area contributed by atoms with Gasteiger partial charge < -0.3 is 10.6 Å². The Balaban J connectivity index is 1.45. The van der Waals surface area contributed by atoms with Crippen LogP contribution in [-0.4, -0.2) is 40.2 Å². The van der Waals surface area contributed by atoms with E-state index in [9.17, 15) is 9.59 Å². The van der Waals surface area contributed by atoms with Crippen LogP contribution in [-0.2, 0) is 24.2 Å². The number of hydrogen-bond acceptors (Lipinski definition) is 4. The topological polar surface area (TPSA) is 102 Å². The number of benzene rings is 2. The first-order valence-electron chi connectivity index (χ1n) is 9.76. The molecular formula is C21H24N6O2. The van der Waals surface area contributed by atoms with Crippen molar-refractivity contribution in [3.63, 3.8) is 0 Å². The molecule has 0 spiro atoms. The fraction of sp³-hybridized carbons (Fsp3) is 0.286. The van der Waals surface area contributed by atoms with Crippen LogP contribution in [0.1, 0.15) is 23.7 Å². The summed E-state index contributed by atoms with van der Waals surface area (Å²) in [6.07, 6.45) is 0.966. The summed E-state index contributed by atoms with van der Waals surface area (Å²) in [7, 11) is 0. The molecule has 1 aromatic heterocycles. The Morgan fingerprint density at radius 1 is 1.17 bits per heavy atom. The molecule has 3 amide bonds. The second-order valence-corrected chi connectivity index (χ2v) is 7.03. The Kier molecular flexibility index (Phi) is 5.44. The molecule has 29 heavy (non-hydrogen) atoms. The Morgan fingerprint density at radius 3 is 2.86 bits per heavy atom. The largest absolute Gasteiger partial charge is 0.337 e. The van der Waals surface area contributed by atoms with Crippen LogP contribution in [0.5, 0.6) is 0 Å². The number of H-pyrrole nitrogens is 1. The van der Waals surface area contributed by atoms with E-state index in [1.54, 1.807) is 0 Å². The second-order valence-electron chi connectivity index (χ2n) is 7.03. The van der Waals surface area contributed by atoms with Crippen molar-refractivity contribution in [2.75, 3.05) is 18.4 Å². The highest BCUT2D eigenvalue weighted by atomic mass is 16.2. The van der Waals surface area contributed by atoms with Gasteiger partial charge in [0.2, 0.25) is 5.91 Å². The molecule has 8 nitrogen and oxygen atoms in total. The lowest BCUT2D eigenvalue weighted by atomic mass is 10.0. The molecule has 1 aliphatic rings. The molecule has 0 atom stereocenters. The number of nitrogens with one attached hydrogen (secondary N) is 4. The zero-order valence-electron chi connectivity index (χ0n) is 16.3. The molecule has 0 unspecified atom stereocenters. The minimum atomic E-state index is -0.235. The average molecular weight is 392 g/mol. The van der Waals surface area contributed by atoms with Crippen molar-refractivity contribution in [1.29, 1.82) is 0 Å². The van der Waals surface area contributed by atoms with Crippen LogP contribution in [0.25, 0.3) is 10.8 Å². The standard InChI is InChI=1S/C21H24N6O2/c1-2-22-21(29)26-27-11-10-18-17(13-27)20(25-24-18)23-19(28)12-15-8-5-7-14-6-3-4-9-16(14)15/h3-9H,2,10-13H2,1H3,(H2,22,26,29)(H2,23,24,25,28). The summed E-state index contributed by atoms with van der Waals surface area (Å²) in [5.74, 6) is 0.481. The van der Waals surface area contributed by atoms with Gasteiger partial charge >= 0.3 is 6.03 Å². The molecule has 2 aromatic carbocycles. The van der Waals surface area contributed by atoms with E-state index in [1.807, 2.05) is 54.4 Å². The van der Waals surface area contributed by atoms with E-state index in [0.717, 1.165) is 27.6 Å². The number of carbonyl (C=O) groups is 2. The van der Waals surface area contributed by atoms with Gasteiger partial charge in [-0.1, -0.05) is 42.5 Å². The highest BCUT2D eigenvalue weighted by Gasteiger charge is 2.24. The molecule has 0 aliphatic carbocycles. The smallest absolute Gasteiger partial charge is 0.329 e. The van der Waals surface area contributed by atoms with Crippen molar-refractivity contribution >= 4 is 28.5 Å². The molecule has 8 heteroatoms. The minimum absolute atomic E-state index is 0.110. The van der Waals surface area contributed by atoms with Gasteiger partial charge in [0, 0.05) is 31.6 Å². The normalized spacial score (nSPS) is 13.7. The predicted octanol–water partition coefficient (Wildman–Crippen LogP) is 2.34. The summed E-state index contributed by atoms with van der Waals surface area (Å²) >= 11 is 0. The van der Waals surface area contributed by atoms with Gasteiger partial charge in [-0.3, -0.25) is 15.3 Å². The van der Waals surface area contributed by atoms with E-state index in [1.165, 1.54) is 0 Å². The van der Waals surface area contributed by atoms with Gasteiger partial charge in [0.05, 0.1) is 12.1 Å². The molecule has 0 radical (unpaired) electrons. The molecule has 150 valence electrons. The summed E-state index contributed by atoms with van der Waals surface area (Å²) in [5, 5.41) is 16.9. The lowest BCUT2D eigenvalue weighted by Crippen LogP contribution is -2.49. The number of hydrazine groups is 1. The number of anilines is 1. The van der Waals surface area contributed by atoms with Crippen molar-refractivity contribution in [2.45, 2.75) is 26.3 Å². The average Bonchev–Trinajstić information content (AvgIpc) is 3.10. The molecule has 0 bridgehead atoms. The van der Waals surface area contributed by atoms with Crippen molar-refractivity contribution < 1.29 is 9.59 Å². The highest BCUT2D eigenvalue weighted by molar-refractivity contribution is 5.96. The maximum atomic E-state index is 12.7. The van der Waals surface area contributed by atoms with Crippen LogP contribution in [0, 0.1) is 0 Å². The number of urea groups is 1. The van der Waals surface area contributed by atoms with Gasteiger partial charge in [-0.2, -0.15) is 5.10 Å². The van der Waals surface area contributed by atoms with E-state index in [4.69, 9.17) is 0 Å². The molecule has 3 aromatic rings. The lowest BCUT2D eigenvalue weighted by Gasteiger charge is -2.27. The number of hydrogen-bond donors (Lipinski definition) is 4. The fourth-order valence-electron chi connectivity index (χ4n) is 3.64. The van der Waals surface area contributed by atoms with E-state index in [0.29, 0.717) is 31.9 Å². The zero-order chi connectivity index (χ0) is 20.2. The number of rotatable bonds is 5. The monoisotopic (exact) mass is 392 g/mol. The van der Waals surface area contributed by atoms with Gasteiger partial charge in [-0.25, -0.2) is 9.80 Å². The maximum Gasteiger partial charge on any atom is 0.329 e. The SMILES string of the molecule is CCNC(=O)NN1CCc2n[nH]c(NC(=O)Cc3cccc4ccccc34)c2C1. The van der Waals surface area contributed by atoms with Crippen LogP contribution >= 0.6 is 0 Å². The molecule has 0 saturated carbocycles. The summed E-state index contributed by atoms with van der Waals surface area (Å²) in [6.45, 7) is 3.57. The molecule has 4 N–H and O–H groups in total. The van der Waals surface area contributed by atoms with Crippen LogP contribution in [0.4, 0.5) is 10.6 Å². The first-order chi connectivity index (χ1) is 14.1. The van der Waals surface area contributed by atoms with Crippen LogP contribution in [0.15, 0.2) is 42.5 Å². The van der Waals surface area contributed by atoms with Crippen molar-refractivity contribution in [3.8, 4) is 0 Å². The van der Waals surface area contributed by atoms with Gasteiger partial charge in [-0.15, -0.1) is 0 Å². The van der Waals surface area contributed by atoms with Gasteiger partial charge in [0.15, 0.2) is 0 Å². The summed E-state index contributed by atoms with van der Waals surface area (Å²) < 4.78 is 0. The predicted molar refractivity (Wildman–Crippen MR) is 111 cm³/mol. The molecule has 0 saturated heterocycles. The third-order valence-electron chi connectivity index (χ3n) is 5.01. The Bertz CT molecular complexity index is 1040. The number of aromatic nitrogens is 2.